The highest BCUT2D eigenvalue weighted by atomic mass is 35.5. The first-order chi connectivity index (χ1) is 14.7. The number of aromatic nitrogens is 2. The van der Waals surface area contributed by atoms with E-state index in [1.54, 1.807) is 19.1 Å². The van der Waals surface area contributed by atoms with Crippen LogP contribution in [0.25, 0.3) is 0 Å². The Labute approximate surface area is 192 Å². The molecule has 1 aromatic heterocycles. The Morgan fingerprint density at radius 2 is 1.87 bits per heavy atom. The first-order valence-corrected chi connectivity index (χ1v) is 12.7. The second-order valence-electron chi connectivity index (χ2n) is 6.99. The lowest BCUT2D eigenvalue weighted by Gasteiger charge is -2.11. The molecule has 0 atom stereocenters. The molecule has 1 heterocycles. The van der Waals surface area contributed by atoms with Crippen molar-refractivity contribution >= 4 is 39.3 Å². The van der Waals surface area contributed by atoms with Gasteiger partial charge < -0.3 is 5.73 Å². The van der Waals surface area contributed by atoms with E-state index in [4.69, 9.17) is 17.3 Å². The van der Waals surface area contributed by atoms with Crippen molar-refractivity contribution in [2.24, 2.45) is 10.1 Å². The standard InChI is InChI=1S/C22H25ClN4O2S2/c1-4-17-12-18(5-2)27(25-17)22(24)26-31(28,29)21-11-15(3)19(23)13-20(21)30-14-16-9-7-6-8-10-16/h6-13H,4-5,14H2,1-3H3,(H2,24,26). The Hall–Kier alpha value is -2.29. The number of aryl methyl sites for hydroxylation is 3. The third kappa shape index (κ3) is 5.50. The van der Waals surface area contributed by atoms with E-state index in [1.807, 2.05) is 50.2 Å². The van der Waals surface area contributed by atoms with E-state index in [0.29, 0.717) is 27.7 Å². The number of hydrogen-bond donors (Lipinski definition) is 1. The third-order valence-corrected chi connectivity index (χ3v) is 7.71. The van der Waals surface area contributed by atoms with Gasteiger partial charge in [-0.05, 0) is 49.1 Å². The summed E-state index contributed by atoms with van der Waals surface area (Å²) in [6.07, 6.45) is 1.37. The summed E-state index contributed by atoms with van der Waals surface area (Å²) < 4.78 is 31.7. The maximum absolute atomic E-state index is 13.2. The van der Waals surface area contributed by atoms with Crippen LogP contribution >= 0.6 is 23.4 Å². The number of thioether (sulfide) groups is 1. The van der Waals surface area contributed by atoms with Crippen molar-refractivity contribution in [3.63, 3.8) is 0 Å². The number of sulfonamides is 1. The predicted molar refractivity (Wildman–Crippen MR) is 127 cm³/mol. The average molecular weight is 477 g/mol. The van der Waals surface area contributed by atoms with E-state index in [9.17, 15) is 8.42 Å². The molecule has 0 fully saturated rings. The summed E-state index contributed by atoms with van der Waals surface area (Å²) in [5.41, 5.74) is 9.45. The smallest absolute Gasteiger partial charge is 0.286 e. The minimum absolute atomic E-state index is 0.0826. The van der Waals surface area contributed by atoms with Crippen molar-refractivity contribution in [1.29, 1.82) is 0 Å². The second-order valence-corrected chi connectivity index (χ2v) is 9.99. The van der Waals surface area contributed by atoms with Crippen molar-refractivity contribution < 1.29 is 8.42 Å². The van der Waals surface area contributed by atoms with Crippen LogP contribution in [0.15, 0.2) is 62.7 Å². The molecule has 6 nitrogen and oxygen atoms in total. The minimum Gasteiger partial charge on any atom is -0.367 e. The normalized spacial score (nSPS) is 12.3. The highest BCUT2D eigenvalue weighted by Gasteiger charge is 2.22. The molecule has 0 aliphatic rings. The van der Waals surface area contributed by atoms with Crippen LogP contribution in [0.1, 0.15) is 36.4 Å². The molecule has 0 unspecified atom stereocenters. The zero-order valence-corrected chi connectivity index (χ0v) is 20.1. The van der Waals surface area contributed by atoms with Crippen LogP contribution in [0.2, 0.25) is 5.02 Å². The van der Waals surface area contributed by atoms with Crippen LogP contribution < -0.4 is 5.73 Å². The van der Waals surface area contributed by atoms with Gasteiger partial charge in [-0.3, -0.25) is 0 Å². The van der Waals surface area contributed by atoms with Crippen LogP contribution in [-0.4, -0.2) is 24.2 Å². The molecule has 0 radical (unpaired) electrons. The molecule has 0 aliphatic carbocycles. The van der Waals surface area contributed by atoms with Gasteiger partial charge in [0.1, 0.15) is 4.90 Å². The summed E-state index contributed by atoms with van der Waals surface area (Å²) in [5, 5.41) is 4.88. The Morgan fingerprint density at radius 3 is 2.52 bits per heavy atom. The van der Waals surface area contributed by atoms with Gasteiger partial charge in [-0.1, -0.05) is 55.8 Å². The van der Waals surface area contributed by atoms with Crippen LogP contribution in [0, 0.1) is 6.92 Å². The SMILES string of the molecule is CCc1cc(CC)n(/C(N)=N/S(=O)(=O)c2cc(C)c(Cl)cc2SCc2ccccc2)n1. The largest absolute Gasteiger partial charge is 0.367 e. The summed E-state index contributed by atoms with van der Waals surface area (Å²) in [5.74, 6) is 0.421. The third-order valence-electron chi connectivity index (χ3n) is 4.73. The van der Waals surface area contributed by atoms with Crippen molar-refractivity contribution in [3.8, 4) is 0 Å². The Morgan fingerprint density at radius 1 is 1.16 bits per heavy atom. The minimum atomic E-state index is -4.08. The van der Waals surface area contributed by atoms with Crippen LogP contribution in [0.5, 0.6) is 0 Å². The molecule has 164 valence electrons. The lowest BCUT2D eigenvalue weighted by Crippen LogP contribution is -2.27. The molecule has 0 aliphatic heterocycles. The predicted octanol–water partition coefficient (Wildman–Crippen LogP) is 4.81. The molecule has 2 aromatic carbocycles. The quantitative estimate of drug-likeness (QED) is 0.300. The summed E-state index contributed by atoms with van der Waals surface area (Å²) >= 11 is 7.69. The van der Waals surface area contributed by atoms with Gasteiger partial charge in [-0.2, -0.15) is 13.5 Å². The molecular formula is C22H25ClN4O2S2. The maximum Gasteiger partial charge on any atom is 0.286 e. The summed E-state index contributed by atoms with van der Waals surface area (Å²) in [7, 11) is -4.08. The topological polar surface area (TPSA) is 90.3 Å². The molecule has 0 spiro atoms. The van der Waals surface area contributed by atoms with Gasteiger partial charge >= 0.3 is 0 Å². The maximum atomic E-state index is 13.2. The van der Waals surface area contributed by atoms with Gasteiger partial charge in [0.05, 0.1) is 5.69 Å². The van der Waals surface area contributed by atoms with Gasteiger partial charge in [0.15, 0.2) is 0 Å². The molecule has 0 saturated carbocycles. The molecule has 31 heavy (non-hydrogen) atoms. The molecule has 3 rings (SSSR count). The number of rotatable bonds is 7. The molecular weight excluding hydrogens is 452 g/mol. The van der Waals surface area contributed by atoms with E-state index >= 15 is 0 Å². The Kier molecular flexibility index (Phi) is 7.46. The van der Waals surface area contributed by atoms with E-state index in [0.717, 1.165) is 23.4 Å². The Balaban J connectivity index is 2.00. The zero-order chi connectivity index (χ0) is 22.6. The number of nitrogens with two attached hydrogens (primary N) is 1. The molecule has 9 heteroatoms. The fraction of sp³-hybridized carbons (Fsp3) is 0.273. The molecule has 0 bridgehead atoms. The molecule has 0 saturated heterocycles. The number of hydrogen-bond acceptors (Lipinski definition) is 4. The van der Waals surface area contributed by atoms with E-state index < -0.39 is 10.0 Å². The van der Waals surface area contributed by atoms with Crippen LogP contribution in [-0.2, 0) is 28.6 Å². The number of benzene rings is 2. The van der Waals surface area contributed by atoms with Gasteiger partial charge in [0.2, 0.25) is 5.96 Å². The monoisotopic (exact) mass is 476 g/mol. The molecule has 2 N–H and O–H groups in total. The van der Waals surface area contributed by atoms with Gasteiger partial charge in [-0.15, -0.1) is 16.2 Å². The molecule has 3 aromatic rings. The summed E-state index contributed by atoms with van der Waals surface area (Å²) in [4.78, 5) is 0.612. The summed E-state index contributed by atoms with van der Waals surface area (Å²) in [6, 6.07) is 14.9. The molecule has 0 amide bonds. The van der Waals surface area contributed by atoms with E-state index in [1.165, 1.54) is 16.4 Å². The Bertz CT molecular complexity index is 1210. The van der Waals surface area contributed by atoms with Gasteiger partial charge in [0, 0.05) is 21.4 Å². The van der Waals surface area contributed by atoms with Crippen molar-refractivity contribution in [2.75, 3.05) is 0 Å². The first kappa shape index (κ1) is 23.4. The van der Waals surface area contributed by atoms with Gasteiger partial charge in [0.25, 0.3) is 10.0 Å². The van der Waals surface area contributed by atoms with Gasteiger partial charge in [-0.25, -0.2) is 4.68 Å². The van der Waals surface area contributed by atoms with E-state index in [2.05, 4.69) is 9.50 Å². The van der Waals surface area contributed by atoms with Crippen molar-refractivity contribution in [3.05, 3.63) is 76.1 Å². The highest BCUT2D eigenvalue weighted by Crippen LogP contribution is 2.34. The first-order valence-electron chi connectivity index (χ1n) is 9.90. The van der Waals surface area contributed by atoms with Crippen LogP contribution in [0.4, 0.5) is 0 Å². The zero-order valence-electron chi connectivity index (χ0n) is 17.7. The summed E-state index contributed by atoms with van der Waals surface area (Å²) in [6.45, 7) is 5.69. The lowest BCUT2D eigenvalue weighted by molar-refractivity contribution is 0.595. The number of halogens is 1. The number of nitrogens with zero attached hydrogens (tertiary/aromatic N) is 3. The second kappa shape index (κ2) is 9.89. The lowest BCUT2D eigenvalue weighted by atomic mass is 10.2. The van der Waals surface area contributed by atoms with Crippen molar-refractivity contribution in [2.45, 2.75) is 49.2 Å². The fourth-order valence-corrected chi connectivity index (χ4v) is 5.69. The average Bonchev–Trinajstić information content (AvgIpc) is 3.18. The highest BCUT2D eigenvalue weighted by molar-refractivity contribution is 7.99. The fourth-order valence-electron chi connectivity index (χ4n) is 3.00. The van der Waals surface area contributed by atoms with E-state index in [-0.39, 0.29) is 10.9 Å². The van der Waals surface area contributed by atoms with Crippen LogP contribution in [0.3, 0.4) is 0 Å². The van der Waals surface area contributed by atoms with Crippen molar-refractivity contribution in [1.82, 2.24) is 9.78 Å².